The molecule has 1 heterocycles. The van der Waals surface area contributed by atoms with Crippen LogP contribution in [-0.4, -0.2) is 81.8 Å². The monoisotopic (exact) mass is 534 g/mol. The molecular weight excluding hydrogens is 496 g/mol. The minimum atomic E-state index is -1.29. The highest BCUT2D eigenvalue weighted by molar-refractivity contribution is 7.99. The van der Waals surface area contributed by atoms with E-state index in [9.17, 15) is 25.2 Å². The zero-order chi connectivity index (χ0) is 27.2. The minimum Gasteiger partial charge on any atom is -0.492 e. The summed E-state index contributed by atoms with van der Waals surface area (Å²) in [7, 11) is 0. The first kappa shape index (κ1) is 29.2. The molecule has 204 valence electrons. The Kier molecular flexibility index (Phi) is 10.2. The summed E-state index contributed by atoms with van der Waals surface area (Å²) in [5, 5.41) is 45.5. The lowest BCUT2D eigenvalue weighted by Crippen LogP contribution is -2.52. The lowest BCUT2D eigenvalue weighted by Gasteiger charge is -2.40. The zero-order valence-electron chi connectivity index (χ0n) is 21.7. The SMILES string of the molecule is CSC1OC(c2ccc(C)c(Cc3ccc(OCCNC(=O)NC(C)(C)CO)cc3)c2)C(O)C(O)C1O. The van der Waals surface area contributed by atoms with Crippen LogP contribution in [0.15, 0.2) is 42.5 Å². The Morgan fingerprint density at radius 1 is 1.08 bits per heavy atom. The van der Waals surface area contributed by atoms with E-state index in [4.69, 9.17) is 9.47 Å². The highest BCUT2D eigenvalue weighted by Gasteiger charge is 2.44. The predicted molar refractivity (Wildman–Crippen MR) is 143 cm³/mol. The molecule has 10 heteroatoms. The summed E-state index contributed by atoms with van der Waals surface area (Å²) in [5.74, 6) is 0.682. The first-order valence-corrected chi connectivity index (χ1v) is 13.5. The van der Waals surface area contributed by atoms with Crippen LogP contribution in [0.3, 0.4) is 0 Å². The maximum atomic E-state index is 11.8. The molecule has 1 aliphatic heterocycles. The summed E-state index contributed by atoms with van der Waals surface area (Å²) in [4.78, 5) is 11.8. The van der Waals surface area contributed by atoms with Crippen molar-refractivity contribution in [2.75, 3.05) is 26.0 Å². The molecule has 1 aliphatic rings. The molecule has 6 N–H and O–H groups in total. The number of urea groups is 1. The van der Waals surface area contributed by atoms with Crippen LogP contribution in [0.25, 0.3) is 0 Å². The topological polar surface area (TPSA) is 141 Å². The van der Waals surface area contributed by atoms with Crippen LogP contribution < -0.4 is 15.4 Å². The van der Waals surface area contributed by atoms with Gasteiger partial charge >= 0.3 is 6.03 Å². The summed E-state index contributed by atoms with van der Waals surface area (Å²) in [5.41, 5.74) is 2.64. The van der Waals surface area contributed by atoms with Crippen molar-refractivity contribution in [1.82, 2.24) is 10.6 Å². The van der Waals surface area contributed by atoms with Gasteiger partial charge in [-0.05, 0) is 67.8 Å². The van der Waals surface area contributed by atoms with E-state index in [-0.39, 0.29) is 12.6 Å². The van der Waals surface area contributed by atoms with Gasteiger partial charge in [0.15, 0.2) is 0 Å². The van der Waals surface area contributed by atoms with E-state index < -0.39 is 35.4 Å². The maximum absolute atomic E-state index is 11.8. The Balaban J connectivity index is 1.57. The third-order valence-corrected chi connectivity index (χ3v) is 7.18. The van der Waals surface area contributed by atoms with Crippen molar-refractivity contribution in [1.29, 1.82) is 0 Å². The number of benzene rings is 2. The second kappa shape index (κ2) is 12.9. The van der Waals surface area contributed by atoms with Crippen molar-refractivity contribution in [2.45, 2.75) is 62.6 Å². The second-order valence-corrected chi connectivity index (χ2v) is 10.8. The number of amides is 2. The Morgan fingerprint density at radius 3 is 2.43 bits per heavy atom. The van der Waals surface area contributed by atoms with Crippen LogP contribution >= 0.6 is 11.8 Å². The van der Waals surface area contributed by atoms with Crippen molar-refractivity contribution >= 4 is 17.8 Å². The van der Waals surface area contributed by atoms with Crippen LogP contribution in [-0.2, 0) is 11.2 Å². The van der Waals surface area contributed by atoms with Crippen LogP contribution in [0.5, 0.6) is 5.75 Å². The Bertz CT molecular complexity index is 1030. The fraction of sp³-hybridized carbons (Fsp3) is 0.519. The van der Waals surface area contributed by atoms with Crippen LogP contribution in [0, 0.1) is 6.92 Å². The van der Waals surface area contributed by atoms with Gasteiger partial charge in [0.25, 0.3) is 0 Å². The van der Waals surface area contributed by atoms with Gasteiger partial charge in [0.1, 0.15) is 42.2 Å². The van der Waals surface area contributed by atoms with Crippen LogP contribution in [0.4, 0.5) is 4.79 Å². The van der Waals surface area contributed by atoms with Crippen LogP contribution in [0.2, 0.25) is 0 Å². The zero-order valence-corrected chi connectivity index (χ0v) is 22.5. The van der Waals surface area contributed by atoms with Gasteiger partial charge in [0.2, 0.25) is 0 Å². The number of aryl methyl sites for hydroxylation is 1. The second-order valence-electron chi connectivity index (χ2n) is 9.91. The average Bonchev–Trinajstić information content (AvgIpc) is 2.87. The van der Waals surface area contributed by atoms with Gasteiger partial charge in [-0.3, -0.25) is 0 Å². The van der Waals surface area contributed by atoms with Gasteiger partial charge in [0.05, 0.1) is 18.7 Å². The highest BCUT2D eigenvalue weighted by atomic mass is 32.2. The fourth-order valence-electron chi connectivity index (χ4n) is 4.03. The molecule has 1 fully saturated rings. The first-order chi connectivity index (χ1) is 17.5. The molecule has 0 radical (unpaired) electrons. The molecule has 0 saturated carbocycles. The normalized spacial score (nSPS) is 23.9. The maximum Gasteiger partial charge on any atom is 0.315 e. The van der Waals surface area contributed by atoms with Crippen molar-refractivity contribution in [2.24, 2.45) is 0 Å². The van der Waals surface area contributed by atoms with E-state index in [1.54, 1.807) is 20.1 Å². The number of carbonyl (C=O) groups is 1. The van der Waals surface area contributed by atoms with Gasteiger partial charge in [-0.2, -0.15) is 0 Å². The van der Waals surface area contributed by atoms with E-state index in [2.05, 4.69) is 10.6 Å². The number of carbonyl (C=O) groups excluding carboxylic acids is 1. The predicted octanol–water partition coefficient (Wildman–Crippen LogP) is 1.88. The minimum absolute atomic E-state index is 0.158. The molecule has 5 atom stereocenters. The molecule has 0 aromatic heterocycles. The standard InChI is InChI=1S/C27H38N2O7S/c1-16-5-8-18(24-22(32)21(31)23(33)25(36-24)37-4)14-19(16)13-17-6-9-20(10-7-17)35-12-11-28-26(34)29-27(2,3)15-30/h5-10,14,21-25,30-33H,11-13,15H2,1-4H3,(H2,28,29,34). The quantitative estimate of drug-likeness (QED) is 0.254. The number of aliphatic hydroxyl groups excluding tert-OH is 4. The van der Waals surface area contributed by atoms with E-state index in [1.807, 2.05) is 49.4 Å². The number of hydrogen-bond acceptors (Lipinski definition) is 8. The summed E-state index contributed by atoms with van der Waals surface area (Å²) in [6.07, 6.45) is -1.97. The van der Waals surface area contributed by atoms with E-state index in [1.165, 1.54) is 11.8 Å². The Labute approximate surface area is 222 Å². The molecular formula is C27H38N2O7S. The van der Waals surface area contributed by atoms with Crippen molar-refractivity contribution < 1.29 is 34.7 Å². The third-order valence-electron chi connectivity index (χ3n) is 6.33. The highest BCUT2D eigenvalue weighted by Crippen LogP contribution is 2.36. The fourth-order valence-corrected chi connectivity index (χ4v) is 4.70. The van der Waals surface area contributed by atoms with Gasteiger partial charge < -0.3 is 40.5 Å². The summed E-state index contributed by atoms with van der Waals surface area (Å²) >= 11 is 1.29. The number of nitrogens with one attached hydrogen (secondary N) is 2. The smallest absolute Gasteiger partial charge is 0.315 e. The summed E-state index contributed by atoms with van der Waals surface area (Å²) in [6.45, 7) is 5.93. The molecule has 9 nitrogen and oxygen atoms in total. The average molecular weight is 535 g/mol. The largest absolute Gasteiger partial charge is 0.492 e. The molecule has 37 heavy (non-hydrogen) atoms. The van der Waals surface area contributed by atoms with E-state index >= 15 is 0 Å². The van der Waals surface area contributed by atoms with Gasteiger partial charge in [0, 0.05) is 0 Å². The molecule has 2 aromatic rings. The van der Waals surface area contributed by atoms with Gasteiger partial charge in [-0.15, -0.1) is 11.8 Å². The molecule has 2 amide bonds. The Morgan fingerprint density at radius 2 is 1.78 bits per heavy atom. The third kappa shape index (κ3) is 7.83. The molecule has 0 bridgehead atoms. The molecule has 0 aliphatic carbocycles. The number of hydrogen-bond donors (Lipinski definition) is 6. The molecule has 3 rings (SSSR count). The lowest BCUT2D eigenvalue weighted by molar-refractivity contribution is -0.200. The summed E-state index contributed by atoms with van der Waals surface area (Å²) < 4.78 is 11.6. The van der Waals surface area contributed by atoms with Crippen molar-refractivity contribution in [3.8, 4) is 5.75 Å². The number of rotatable bonds is 10. The van der Waals surface area contributed by atoms with Crippen molar-refractivity contribution in [3.63, 3.8) is 0 Å². The molecule has 1 saturated heterocycles. The lowest BCUT2D eigenvalue weighted by atomic mass is 9.91. The molecule has 2 aromatic carbocycles. The van der Waals surface area contributed by atoms with E-state index in [0.717, 1.165) is 22.3 Å². The van der Waals surface area contributed by atoms with Gasteiger partial charge in [-0.25, -0.2) is 4.79 Å². The summed E-state index contributed by atoms with van der Waals surface area (Å²) in [6, 6.07) is 13.2. The van der Waals surface area contributed by atoms with E-state index in [0.29, 0.717) is 25.3 Å². The van der Waals surface area contributed by atoms with Gasteiger partial charge in [-0.1, -0.05) is 30.3 Å². The number of thioether (sulfide) groups is 1. The molecule has 5 unspecified atom stereocenters. The molecule has 0 spiro atoms. The first-order valence-electron chi connectivity index (χ1n) is 12.2. The van der Waals surface area contributed by atoms with Crippen molar-refractivity contribution in [3.05, 3.63) is 64.7 Å². The number of aliphatic hydroxyl groups is 4. The number of ether oxygens (including phenoxy) is 2. The Hall–Kier alpha value is -2.34. The van der Waals surface area contributed by atoms with Crippen LogP contribution in [0.1, 0.15) is 42.2 Å².